The Bertz CT molecular complexity index is 592. The number of aliphatic hydroxyl groups is 1. The lowest BCUT2D eigenvalue weighted by molar-refractivity contribution is -0.137. The molecule has 1 N–H and O–H groups in total. The first-order valence-electron chi connectivity index (χ1n) is 5.32. The van der Waals surface area contributed by atoms with E-state index in [1.807, 2.05) is 0 Å². The second kappa shape index (κ2) is 4.65. The van der Waals surface area contributed by atoms with Gasteiger partial charge < -0.3 is 5.11 Å². The molecule has 1 aromatic carbocycles. The summed E-state index contributed by atoms with van der Waals surface area (Å²) < 4.78 is 52.2. The first-order chi connectivity index (χ1) is 8.77. The molecule has 3 nitrogen and oxygen atoms in total. The minimum atomic E-state index is -4.67. The van der Waals surface area contributed by atoms with Crippen molar-refractivity contribution < 1.29 is 22.7 Å². The zero-order valence-corrected chi connectivity index (χ0v) is 9.82. The number of aromatic nitrogens is 2. The lowest BCUT2D eigenvalue weighted by Crippen LogP contribution is -2.09. The Morgan fingerprint density at radius 1 is 1.26 bits per heavy atom. The lowest BCUT2D eigenvalue weighted by Gasteiger charge is -2.12. The number of hydrogen-bond acceptors (Lipinski definition) is 2. The maximum absolute atomic E-state index is 13.2. The molecule has 0 aliphatic carbocycles. The van der Waals surface area contributed by atoms with Gasteiger partial charge in [0.2, 0.25) is 0 Å². The van der Waals surface area contributed by atoms with Crippen molar-refractivity contribution in [1.82, 2.24) is 9.78 Å². The highest BCUT2D eigenvalue weighted by atomic mass is 19.4. The van der Waals surface area contributed by atoms with Crippen LogP contribution in [0.15, 0.2) is 30.5 Å². The summed E-state index contributed by atoms with van der Waals surface area (Å²) in [5.74, 6) is -1.06. The summed E-state index contributed by atoms with van der Waals surface area (Å²) in [6.45, 7) is 0. The van der Waals surface area contributed by atoms with E-state index in [1.165, 1.54) is 16.9 Å². The predicted octanol–water partition coefficient (Wildman–Crippen LogP) is 2.66. The number of hydrogen-bond donors (Lipinski definition) is 1. The fourth-order valence-corrected chi connectivity index (χ4v) is 1.68. The first kappa shape index (κ1) is 13.5. The molecule has 0 bridgehead atoms. The van der Waals surface area contributed by atoms with E-state index in [2.05, 4.69) is 5.10 Å². The summed E-state index contributed by atoms with van der Waals surface area (Å²) >= 11 is 0. The molecule has 1 unspecified atom stereocenters. The average molecular weight is 274 g/mol. The van der Waals surface area contributed by atoms with Gasteiger partial charge in [0.05, 0.1) is 11.3 Å². The molecule has 2 rings (SSSR count). The van der Waals surface area contributed by atoms with Crippen molar-refractivity contribution in [3.8, 4) is 0 Å². The molecule has 2 aromatic rings. The van der Waals surface area contributed by atoms with Crippen molar-refractivity contribution in [2.24, 2.45) is 7.05 Å². The molecule has 0 aliphatic rings. The first-order valence-corrected chi connectivity index (χ1v) is 5.32. The van der Waals surface area contributed by atoms with Gasteiger partial charge in [-0.05, 0) is 29.8 Å². The van der Waals surface area contributed by atoms with Gasteiger partial charge in [-0.25, -0.2) is 4.39 Å². The largest absolute Gasteiger partial charge is 0.416 e. The van der Waals surface area contributed by atoms with Crippen LogP contribution in [0.1, 0.15) is 22.9 Å². The van der Waals surface area contributed by atoms with Crippen molar-refractivity contribution in [2.45, 2.75) is 12.3 Å². The molecule has 0 aliphatic heterocycles. The van der Waals surface area contributed by atoms with Gasteiger partial charge in [0, 0.05) is 13.2 Å². The third-order valence-electron chi connectivity index (χ3n) is 2.58. The average Bonchev–Trinajstić information content (AvgIpc) is 2.73. The molecule has 19 heavy (non-hydrogen) atoms. The van der Waals surface area contributed by atoms with Crippen LogP contribution < -0.4 is 0 Å². The van der Waals surface area contributed by atoms with Gasteiger partial charge in [0.1, 0.15) is 11.9 Å². The molecule has 7 heteroatoms. The zero-order chi connectivity index (χ0) is 14.2. The van der Waals surface area contributed by atoms with Gasteiger partial charge in [-0.3, -0.25) is 4.68 Å². The molecule has 0 saturated heterocycles. The highest BCUT2D eigenvalue weighted by Gasteiger charge is 2.32. The zero-order valence-electron chi connectivity index (χ0n) is 9.82. The molecular weight excluding hydrogens is 264 g/mol. The van der Waals surface area contributed by atoms with Crippen LogP contribution in [0.3, 0.4) is 0 Å². The van der Waals surface area contributed by atoms with Crippen LogP contribution in [-0.2, 0) is 13.2 Å². The van der Waals surface area contributed by atoms with Crippen molar-refractivity contribution >= 4 is 0 Å². The number of aryl methyl sites for hydroxylation is 1. The third-order valence-corrected chi connectivity index (χ3v) is 2.58. The van der Waals surface area contributed by atoms with Crippen molar-refractivity contribution in [2.75, 3.05) is 0 Å². The molecule has 0 radical (unpaired) electrons. The minimum Gasteiger partial charge on any atom is -0.382 e. The number of benzene rings is 1. The van der Waals surface area contributed by atoms with E-state index >= 15 is 0 Å². The number of nitrogens with zero attached hydrogens (tertiary/aromatic N) is 2. The van der Waals surface area contributed by atoms with Crippen molar-refractivity contribution in [3.63, 3.8) is 0 Å². The standard InChI is InChI=1S/C12H10F4N2O/c1-18-3-2-10(17-18)11(19)7-4-8(12(14,15)16)6-9(13)5-7/h2-6,11,19H,1H3. The van der Waals surface area contributed by atoms with Gasteiger partial charge in [0.15, 0.2) is 0 Å². The van der Waals surface area contributed by atoms with Crippen molar-refractivity contribution in [3.05, 3.63) is 53.1 Å². The van der Waals surface area contributed by atoms with Gasteiger partial charge >= 0.3 is 6.18 Å². The summed E-state index contributed by atoms with van der Waals surface area (Å²) in [4.78, 5) is 0. The van der Waals surface area contributed by atoms with Crippen LogP contribution in [0.2, 0.25) is 0 Å². The van der Waals surface area contributed by atoms with Crippen molar-refractivity contribution in [1.29, 1.82) is 0 Å². The quantitative estimate of drug-likeness (QED) is 0.855. The fourth-order valence-electron chi connectivity index (χ4n) is 1.68. The van der Waals surface area contributed by atoms with E-state index in [0.717, 1.165) is 6.07 Å². The topological polar surface area (TPSA) is 38.0 Å². The second-order valence-corrected chi connectivity index (χ2v) is 4.09. The number of rotatable bonds is 2. The summed E-state index contributed by atoms with van der Waals surface area (Å²) in [6.07, 6.45) is -4.54. The van der Waals surface area contributed by atoms with Crippen LogP contribution in [0.5, 0.6) is 0 Å². The molecule has 102 valence electrons. The Balaban J connectivity index is 2.42. The van der Waals surface area contributed by atoms with E-state index in [-0.39, 0.29) is 11.3 Å². The molecule has 0 saturated carbocycles. The predicted molar refractivity (Wildman–Crippen MR) is 58.7 cm³/mol. The number of aliphatic hydroxyl groups excluding tert-OH is 1. The van der Waals surface area contributed by atoms with Gasteiger partial charge in [-0.2, -0.15) is 18.3 Å². The minimum absolute atomic E-state index is 0.154. The third kappa shape index (κ3) is 2.93. The molecule has 1 aromatic heterocycles. The van der Waals surface area contributed by atoms with Crippen LogP contribution in [0.4, 0.5) is 17.6 Å². The molecule has 1 heterocycles. The Morgan fingerprint density at radius 2 is 1.95 bits per heavy atom. The van der Waals surface area contributed by atoms with Crippen LogP contribution in [0, 0.1) is 5.82 Å². The van der Waals surface area contributed by atoms with E-state index in [0.29, 0.717) is 12.1 Å². The highest BCUT2D eigenvalue weighted by molar-refractivity contribution is 5.31. The van der Waals surface area contributed by atoms with Crippen LogP contribution in [-0.4, -0.2) is 14.9 Å². The van der Waals surface area contributed by atoms with Crippen LogP contribution >= 0.6 is 0 Å². The van der Waals surface area contributed by atoms with Crippen LogP contribution in [0.25, 0.3) is 0 Å². The van der Waals surface area contributed by atoms with E-state index in [1.54, 1.807) is 7.05 Å². The van der Waals surface area contributed by atoms with E-state index in [4.69, 9.17) is 0 Å². The Hall–Kier alpha value is -1.89. The summed E-state index contributed by atoms with van der Waals surface area (Å²) in [6, 6.07) is 3.40. The highest BCUT2D eigenvalue weighted by Crippen LogP contribution is 2.32. The molecule has 1 atom stereocenters. The summed E-state index contributed by atoms with van der Waals surface area (Å²) in [5, 5.41) is 13.8. The summed E-state index contributed by atoms with van der Waals surface area (Å²) in [5.41, 5.74) is -1.18. The summed E-state index contributed by atoms with van der Waals surface area (Å²) in [7, 11) is 1.60. The van der Waals surface area contributed by atoms with Gasteiger partial charge in [-0.15, -0.1) is 0 Å². The maximum Gasteiger partial charge on any atom is 0.416 e. The van der Waals surface area contributed by atoms with E-state index < -0.39 is 23.7 Å². The normalized spacial score (nSPS) is 13.6. The SMILES string of the molecule is Cn1ccc(C(O)c2cc(F)cc(C(F)(F)F)c2)n1. The second-order valence-electron chi connectivity index (χ2n) is 4.09. The fraction of sp³-hybridized carbons (Fsp3) is 0.250. The Labute approximate surface area is 106 Å². The molecule has 0 amide bonds. The van der Waals surface area contributed by atoms with Gasteiger partial charge in [-0.1, -0.05) is 0 Å². The Morgan fingerprint density at radius 3 is 2.47 bits per heavy atom. The molecular formula is C12H10F4N2O. The molecule has 0 spiro atoms. The van der Waals surface area contributed by atoms with E-state index in [9.17, 15) is 22.7 Å². The van der Waals surface area contributed by atoms with Gasteiger partial charge in [0.25, 0.3) is 0 Å². The number of halogens is 4. The maximum atomic E-state index is 13.2. The smallest absolute Gasteiger partial charge is 0.382 e. The lowest BCUT2D eigenvalue weighted by atomic mass is 10.0. The molecule has 0 fully saturated rings. The number of alkyl halides is 3. The Kier molecular flexibility index (Phi) is 3.32. The monoisotopic (exact) mass is 274 g/mol.